The molecule has 0 aromatic heterocycles. The SMILES string of the molecule is O=C(CCl)NCCNC(=O)C12CC3CC(CC(C3)C1)C2. The number of rotatable bonds is 5. The monoisotopic (exact) mass is 298 g/mol. The first kappa shape index (κ1) is 14.2. The summed E-state index contributed by atoms with van der Waals surface area (Å²) in [6.07, 6.45) is 7.28. The van der Waals surface area contributed by atoms with Crippen molar-refractivity contribution in [2.24, 2.45) is 23.2 Å². The van der Waals surface area contributed by atoms with Crippen molar-refractivity contribution in [3.63, 3.8) is 0 Å². The number of carbonyl (C=O) groups excluding carboxylic acids is 2. The van der Waals surface area contributed by atoms with Gasteiger partial charge in [-0.2, -0.15) is 0 Å². The van der Waals surface area contributed by atoms with Crippen molar-refractivity contribution in [1.29, 1.82) is 0 Å². The zero-order valence-electron chi connectivity index (χ0n) is 11.8. The molecule has 0 heterocycles. The maximum absolute atomic E-state index is 12.6. The Morgan fingerprint density at radius 3 is 1.95 bits per heavy atom. The van der Waals surface area contributed by atoms with Crippen LogP contribution >= 0.6 is 11.6 Å². The van der Waals surface area contributed by atoms with Crippen LogP contribution in [0.25, 0.3) is 0 Å². The van der Waals surface area contributed by atoms with E-state index in [1.165, 1.54) is 19.3 Å². The molecule has 2 N–H and O–H groups in total. The van der Waals surface area contributed by atoms with Gasteiger partial charge in [0.25, 0.3) is 0 Å². The van der Waals surface area contributed by atoms with Gasteiger partial charge in [-0.1, -0.05) is 0 Å². The minimum atomic E-state index is -0.185. The fraction of sp³-hybridized carbons (Fsp3) is 0.867. The molecule has 4 fully saturated rings. The predicted molar refractivity (Wildman–Crippen MR) is 77.3 cm³/mol. The highest BCUT2D eigenvalue weighted by Crippen LogP contribution is 2.60. The first-order valence-corrected chi connectivity index (χ1v) is 8.26. The lowest BCUT2D eigenvalue weighted by Gasteiger charge is -2.55. The fourth-order valence-corrected chi connectivity index (χ4v) is 5.10. The molecule has 5 heteroatoms. The third-order valence-corrected chi connectivity index (χ3v) is 5.62. The van der Waals surface area contributed by atoms with E-state index in [1.54, 1.807) is 0 Å². The Morgan fingerprint density at radius 1 is 0.950 bits per heavy atom. The summed E-state index contributed by atoms with van der Waals surface area (Å²) in [5.74, 6) is 2.35. The quantitative estimate of drug-likeness (QED) is 0.599. The smallest absolute Gasteiger partial charge is 0.234 e. The molecule has 4 bridgehead atoms. The second kappa shape index (κ2) is 5.55. The molecule has 0 unspecified atom stereocenters. The predicted octanol–water partition coefficient (Wildman–Crippen LogP) is 1.67. The van der Waals surface area contributed by atoms with Gasteiger partial charge in [0.05, 0.1) is 0 Å². The summed E-state index contributed by atoms with van der Waals surface area (Å²) in [6, 6.07) is 0. The molecule has 4 aliphatic rings. The second-order valence-corrected chi connectivity index (χ2v) is 7.20. The molecule has 4 nitrogen and oxygen atoms in total. The van der Waals surface area contributed by atoms with Crippen LogP contribution in [0.2, 0.25) is 0 Å². The molecule has 4 aliphatic carbocycles. The van der Waals surface area contributed by atoms with Crippen molar-refractivity contribution >= 4 is 23.4 Å². The van der Waals surface area contributed by atoms with Gasteiger partial charge in [-0.25, -0.2) is 0 Å². The van der Waals surface area contributed by atoms with Crippen LogP contribution in [0.15, 0.2) is 0 Å². The van der Waals surface area contributed by atoms with E-state index in [9.17, 15) is 9.59 Å². The van der Waals surface area contributed by atoms with E-state index >= 15 is 0 Å². The van der Waals surface area contributed by atoms with Crippen LogP contribution in [0.3, 0.4) is 0 Å². The van der Waals surface area contributed by atoms with Crippen molar-refractivity contribution in [3.8, 4) is 0 Å². The third kappa shape index (κ3) is 2.67. The normalized spacial score (nSPS) is 37.8. The van der Waals surface area contributed by atoms with Crippen molar-refractivity contribution in [2.45, 2.75) is 38.5 Å². The second-order valence-electron chi connectivity index (χ2n) is 6.94. The molecular formula is C15H23ClN2O2. The Bertz CT molecular complexity index is 375. The number of hydrogen-bond donors (Lipinski definition) is 2. The average Bonchev–Trinajstić information content (AvgIpc) is 2.41. The third-order valence-electron chi connectivity index (χ3n) is 5.37. The van der Waals surface area contributed by atoms with E-state index in [0.29, 0.717) is 13.1 Å². The van der Waals surface area contributed by atoms with Crippen LogP contribution in [0.4, 0.5) is 0 Å². The first-order valence-electron chi connectivity index (χ1n) is 7.72. The van der Waals surface area contributed by atoms with Crippen LogP contribution in [0, 0.1) is 23.2 Å². The molecule has 0 saturated heterocycles. The van der Waals surface area contributed by atoms with Gasteiger partial charge in [-0.15, -0.1) is 11.6 Å². The molecule has 2 amide bonds. The Morgan fingerprint density at radius 2 is 1.45 bits per heavy atom. The lowest BCUT2D eigenvalue weighted by molar-refractivity contribution is -0.146. The van der Waals surface area contributed by atoms with E-state index < -0.39 is 0 Å². The minimum Gasteiger partial charge on any atom is -0.354 e. The molecule has 0 atom stereocenters. The number of alkyl halides is 1. The molecule has 0 radical (unpaired) electrons. The van der Waals surface area contributed by atoms with E-state index in [1.807, 2.05) is 0 Å². The summed E-state index contributed by atoms with van der Waals surface area (Å²) >= 11 is 5.40. The molecule has 0 aliphatic heterocycles. The Kier molecular flexibility index (Phi) is 3.93. The Labute approximate surface area is 125 Å². The lowest BCUT2D eigenvalue weighted by Crippen LogP contribution is -2.54. The van der Waals surface area contributed by atoms with Crippen LogP contribution in [-0.4, -0.2) is 30.8 Å². The number of hydrogen-bond acceptors (Lipinski definition) is 2. The topological polar surface area (TPSA) is 58.2 Å². The summed E-state index contributed by atoms with van der Waals surface area (Å²) in [4.78, 5) is 23.6. The number of nitrogens with one attached hydrogen (secondary N) is 2. The summed E-state index contributed by atoms with van der Waals surface area (Å²) < 4.78 is 0. The number of amides is 2. The maximum atomic E-state index is 12.6. The first-order chi connectivity index (χ1) is 9.61. The van der Waals surface area contributed by atoms with Gasteiger partial charge in [0.15, 0.2) is 0 Å². The van der Waals surface area contributed by atoms with Gasteiger partial charge in [-0.3, -0.25) is 9.59 Å². The average molecular weight is 299 g/mol. The van der Waals surface area contributed by atoms with Crippen molar-refractivity contribution in [1.82, 2.24) is 10.6 Å². The minimum absolute atomic E-state index is 0.0249. The van der Waals surface area contributed by atoms with Crippen LogP contribution in [-0.2, 0) is 9.59 Å². The largest absolute Gasteiger partial charge is 0.354 e. The van der Waals surface area contributed by atoms with Crippen LogP contribution < -0.4 is 10.6 Å². The highest BCUT2D eigenvalue weighted by molar-refractivity contribution is 6.27. The highest BCUT2D eigenvalue weighted by atomic mass is 35.5. The van der Waals surface area contributed by atoms with Crippen LogP contribution in [0.1, 0.15) is 38.5 Å². The summed E-state index contributed by atoms with van der Waals surface area (Å²) in [5, 5.41) is 5.70. The lowest BCUT2D eigenvalue weighted by atomic mass is 9.49. The van der Waals surface area contributed by atoms with Crippen molar-refractivity contribution < 1.29 is 9.59 Å². The fourth-order valence-electron chi connectivity index (χ4n) is 5.00. The highest BCUT2D eigenvalue weighted by Gasteiger charge is 2.54. The molecule has 4 saturated carbocycles. The van der Waals surface area contributed by atoms with Crippen molar-refractivity contribution in [2.75, 3.05) is 19.0 Å². The number of halogens is 1. The van der Waals surface area contributed by atoms with E-state index in [-0.39, 0.29) is 23.1 Å². The molecule has 0 aromatic rings. The van der Waals surface area contributed by atoms with Gasteiger partial charge >= 0.3 is 0 Å². The summed E-state index contributed by atoms with van der Waals surface area (Å²) in [6.45, 7) is 0.965. The molecule has 112 valence electrons. The molecular weight excluding hydrogens is 276 g/mol. The zero-order valence-corrected chi connectivity index (χ0v) is 12.5. The summed E-state index contributed by atoms with van der Waals surface area (Å²) in [7, 11) is 0. The maximum Gasteiger partial charge on any atom is 0.234 e. The van der Waals surface area contributed by atoms with E-state index in [0.717, 1.165) is 37.0 Å². The van der Waals surface area contributed by atoms with Gasteiger partial charge in [-0.05, 0) is 56.3 Å². The number of carbonyl (C=O) groups is 2. The molecule has 20 heavy (non-hydrogen) atoms. The molecule has 0 aromatic carbocycles. The molecule has 4 rings (SSSR count). The Balaban J connectivity index is 1.51. The van der Waals surface area contributed by atoms with E-state index in [4.69, 9.17) is 11.6 Å². The summed E-state index contributed by atoms with van der Waals surface area (Å²) in [5.41, 5.74) is -0.0920. The van der Waals surface area contributed by atoms with Crippen molar-refractivity contribution in [3.05, 3.63) is 0 Å². The van der Waals surface area contributed by atoms with Gasteiger partial charge in [0.2, 0.25) is 11.8 Å². The van der Waals surface area contributed by atoms with Gasteiger partial charge in [0, 0.05) is 18.5 Å². The Hall–Kier alpha value is -0.770. The molecule has 0 spiro atoms. The van der Waals surface area contributed by atoms with E-state index in [2.05, 4.69) is 10.6 Å². The standard InChI is InChI=1S/C15H23ClN2O2/c16-9-13(19)17-1-2-18-14(20)15-6-10-3-11(7-15)5-12(4-10)8-15/h10-12H,1-9H2,(H,17,19)(H,18,20). The van der Waals surface area contributed by atoms with Gasteiger partial charge in [0.1, 0.15) is 5.88 Å². The van der Waals surface area contributed by atoms with Crippen LogP contribution in [0.5, 0.6) is 0 Å². The van der Waals surface area contributed by atoms with Gasteiger partial charge < -0.3 is 10.6 Å². The zero-order chi connectivity index (χ0) is 14.2.